The Bertz CT molecular complexity index is 931. The minimum Gasteiger partial charge on any atom is -0.507 e. The molecule has 1 atom stereocenters. The van der Waals surface area contributed by atoms with Crippen molar-refractivity contribution < 1.29 is 19.4 Å². The Morgan fingerprint density at radius 1 is 1.00 bits per heavy atom. The van der Waals surface area contributed by atoms with Crippen molar-refractivity contribution in [3.05, 3.63) is 65.7 Å². The first-order chi connectivity index (χ1) is 13.7. The van der Waals surface area contributed by atoms with E-state index in [-0.39, 0.29) is 11.9 Å². The van der Waals surface area contributed by atoms with Crippen molar-refractivity contribution in [2.24, 2.45) is 0 Å². The number of hydrogen-bond acceptors (Lipinski definition) is 4. The Hall–Kier alpha value is -3.01. The quantitative estimate of drug-likeness (QED) is 0.363. The Kier molecular flexibility index (Phi) is 6.53. The first kappa shape index (κ1) is 19.7. The molecule has 0 saturated heterocycles. The molecule has 0 radical (unpaired) electrons. The van der Waals surface area contributed by atoms with E-state index in [1.807, 2.05) is 42.5 Å². The molecule has 28 heavy (non-hydrogen) atoms. The van der Waals surface area contributed by atoms with Gasteiger partial charge in [0.25, 0.3) is 0 Å². The Labute approximate surface area is 165 Å². The molecule has 0 bridgehead atoms. The molecular weight excluding hydrogens is 352 g/mol. The summed E-state index contributed by atoms with van der Waals surface area (Å²) in [5.41, 5.74) is 1.39. The lowest BCUT2D eigenvalue weighted by atomic mass is 10.0. The number of carbonyl (C=O) groups excluding carboxylic acids is 1. The lowest BCUT2D eigenvalue weighted by molar-refractivity contribution is 0.112. The summed E-state index contributed by atoms with van der Waals surface area (Å²) < 4.78 is 11.9. The molecule has 0 heterocycles. The molecule has 0 amide bonds. The van der Waals surface area contributed by atoms with Gasteiger partial charge in [-0.3, -0.25) is 4.79 Å². The van der Waals surface area contributed by atoms with Crippen molar-refractivity contribution >= 4 is 17.1 Å². The molecule has 0 fully saturated rings. The van der Waals surface area contributed by atoms with Crippen LogP contribution < -0.4 is 9.47 Å². The highest BCUT2D eigenvalue weighted by atomic mass is 16.5. The fourth-order valence-corrected chi connectivity index (χ4v) is 3.18. The third kappa shape index (κ3) is 4.45. The van der Waals surface area contributed by atoms with Gasteiger partial charge < -0.3 is 14.6 Å². The third-order valence-electron chi connectivity index (χ3n) is 4.80. The number of rotatable bonds is 9. The van der Waals surface area contributed by atoms with E-state index in [0.717, 1.165) is 48.3 Å². The number of hydrogen-bond donors (Lipinski definition) is 1. The largest absolute Gasteiger partial charge is 0.507 e. The van der Waals surface area contributed by atoms with Crippen molar-refractivity contribution in [1.82, 2.24) is 0 Å². The number of carbonyl (C=O) groups is 1. The zero-order valence-corrected chi connectivity index (χ0v) is 16.4. The zero-order valence-electron chi connectivity index (χ0n) is 16.4. The van der Waals surface area contributed by atoms with Crippen molar-refractivity contribution in [1.29, 1.82) is 0 Å². The second-order valence-electron chi connectivity index (χ2n) is 6.78. The summed E-state index contributed by atoms with van der Waals surface area (Å²) in [4.78, 5) is 11.2. The van der Waals surface area contributed by atoms with Crippen LogP contribution in [0.5, 0.6) is 17.2 Å². The Morgan fingerprint density at radius 2 is 1.75 bits per heavy atom. The van der Waals surface area contributed by atoms with E-state index < -0.39 is 0 Å². The van der Waals surface area contributed by atoms with Crippen LogP contribution in [0.4, 0.5) is 0 Å². The second kappa shape index (κ2) is 9.27. The monoisotopic (exact) mass is 378 g/mol. The van der Waals surface area contributed by atoms with E-state index in [1.165, 1.54) is 6.07 Å². The Balaban J connectivity index is 1.77. The maximum Gasteiger partial charge on any atom is 0.154 e. The van der Waals surface area contributed by atoms with Gasteiger partial charge in [-0.2, -0.15) is 0 Å². The molecule has 1 N–H and O–H groups in total. The van der Waals surface area contributed by atoms with Gasteiger partial charge in [0.2, 0.25) is 0 Å². The van der Waals surface area contributed by atoms with Crippen LogP contribution >= 0.6 is 0 Å². The van der Waals surface area contributed by atoms with Crippen LogP contribution in [0.15, 0.2) is 54.6 Å². The average Bonchev–Trinajstić information content (AvgIpc) is 2.73. The molecule has 4 heteroatoms. The number of benzene rings is 3. The van der Waals surface area contributed by atoms with E-state index in [0.29, 0.717) is 17.2 Å². The van der Waals surface area contributed by atoms with Crippen molar-refractivity contribution in [2.75, 3.05) is 6.61 Å². The Morgan fingerprint density at radius 3 is 2.43 bits per heavy atom. The van der Waals surface area contributed by atoms with E-state index >= 15 is 0 Å². The number of ether oxygens (including phenoxy) is 2. The van der Waals surface area contributed by atoms with Gasteiger partial charge in [0.1, 0.15) is 23.4 Å². The third-order valence-corrected chi connectivity index (χ3v) is 4.80. The molecule has 3 aromatic carbocycles. The van der Waals surface area contributed by atoms with Crippen LogP contribution in [0.1, 0.15) is 55.1 Å². The molecule has 0 aromatic heterocycles. The predicted molar refractivity (Wildman–Crippen MR) is 112 cm³/mol. The van der Waals surface area contributed by atoms with Crippen LogP contribution in [-0.2, 0) is 0 Å². The van der Waals surface area contributed by atoms with Crippen LogP contribution in [0, 0.1) is 0 Å². The van der Waals surface area contributed by atoms with Gasteiger partial charge >= 0.3 is 0 Å². The second-order valence-corrected chi connectivity index (χ2v) is 6.78. The predicted octanol–water partition coefficient (Wildman–Crippen LogP) is 6.07. The van der Waals surface area contributed by atoms with Gasteiger partial charge in [-0.25, -0.2) is 0 Å². The first-order valence-corrected chi connectivity index (χ1v) is 9.76. The van der Waals surface area contributed by atoms with Crippen LogP contribution in [-0.4, -0.2) is 18.0 Å². The average molecular weight is 378 g/mol. The molecule has 4 nitrogen and oxygen atoms in total. The molecule has 0 aliphatic carbocycles. The van der Waals surface area contributed by atoms with Gasteiger partial charge in [-0.05, 0) is 65.6 Å². The lowest BCUT2D eigenvalue weighted by Crippen LogP contribution is -2.06. The van der Waals surface area contributed by atoms with Gasteiger partial charge in [-0.15, -0.1) is 0 Å². The van der Waals surface area contributed by atoms with Crippen LogP contribution in [0.2, 0.25) is 0 Å². The molecule has 3 aromatic rings. The molecular formula is C24H26O4. The zero-order chi connectivity index (χ0) is 19.9. The molecule has 0 aliphatic rings. The summed E-state index contributed by atoms with van der Waals surface area (Å²) in [6.07, 6.45) is 3.59. The molecule has 0 saturated carbocycles. The summed E-state index contributed by atoms with van der Waals surface area (Å²) >= 11 is 0. The highest BCUT2D eigenvalue weighted by molar-refractivity contribution is 6.01. The summed E-state index contributed by atoms with van der Waals surface area (Å²) in [6, 6.07) is 16.9. The van der Waals surface area contributed by atoms with Gasteiger partial charge in [0, 0.05) is 0 Å². The van der Waals surface area contributed by atoms with Gasteiger partial charge in [-0.1, -0.05) is 38.5 Å². The summed E-state index contributed by atoms with van der Waals surface area (Å²) in [7, 11) is 0. The number of aldehydes is 1. The SMILES string of the molecule is CCCCOc1ccc(C(CC)Oc2ccc3c(C=O)c(O)ccc3c2)cc1. The van der Waals surface area contributed by atoms with E-state index in [9.17, 15) is 9.90 Å². The fourth-order valence-electron chi connectivity index (χ4n) is 3.18. The van der Waals surface area contributed by atoms with Crippen LogP contribution in [0.3, 0.4) is 0 Å². The minimum atomic E-state index is -0.0789. The highest BCUT2D eigenvalue weighted by Gasteiger charge is 2.13. The lowest BCUT2D eigenvalue weighted by Gasteiger charge is -2.19. The molecule has 3 rings (SSSR count). The summed E-state index contributed by atoms with van der Waals surface area (Å²) in [5.74, 6) is 1.59. The van der Waals surface area contributed by atoms with E-state index in [4.69, 9.17) is 9.47 Å². The van der Waals surface area contributed by atoms with Crippen molar-refractivity contribution in [3.63, 3.8) is 0 Å². The molecule has 146 valence electrons. The fraction of sp³-hybridized carbons (Fsp3) is 0.292. The molecule has 0 aliphatic heterocycles. The standard InChI is InChI=1S/C24H26O4/c1-3-5-14-27-19-9-6-17(7-10-19)24(4-2)28-20-11-12-21-18(15-20)8-13-23(26)22(21)16-25/h6-13,15-16,24,26H,3-5,14H2,1-2H3. The molecule has 0 spiro atoms. The minimum absolute atomic E-state index is 0.0103. The smallest absolute Gasteiger partial charge is 0.154 e. The number of phenolic OH excluding ortho intramolecular Hbond substituents is 1. The molecule has 1 unspecified atom stereocenters. The number of phenols is 1. The summed E-state index contributed by atoms with van der Waals surface area (Å²) in [5, 5.41) is 11.4. The number of fused-ring (bicyclic) bond motifs is 1. The van der Waals surface area contributed by atoms with E-state index in [1.54, 1.807) is 6.07 Å². The van der Waals surface area contributed by atoms with Gasteiger partial charge in [0.15, 0.2) is 6.29 Å². The van der Waals surface area contributed by atoms with Crippen LogP contribution in [0.25, 0.3) is 10.8 Å². The number of unbranched alkanes of at least 4 members (excludes halogenated alkanes) is 1. The highest BCUT2D eigenvalue weighted by Crippen LogP contribution is 2.31. The maximum absolute atomic E-state index is 11.2. The first-order valence-electron chi connectivity index (χ1n) is 9.76. The van der Waals surface area contributed by atoms with Crippen molar-refractivity contribution in [2.45, 2.75) is 39.2 Å². The van der Waals surface area contributed by atoms with Crippen molar-refractivity contribution in [3.8, 4) is 17.2 Å². The van der Waals surface area contributed by atoms with Gasteiger partial charge in [0.05, 0.1) is 12.2 Å². The number of aromatic hydroxyl groups is 1. The normalized spacial score (nSPS) is 11.9. The van der Waals surface area contributed by atoms with E-state index in [2.05, 4.69) is 13.8 Å². The summed E-state index contributed by atoms with van der Waals surface area (Å²) in [6.45, 7) is 4.96. The maximum atomic E-state index is 11.2. The topological polar surface area (TPSA) is 55.8 Å².